The number of aromatic nitrogens is 1. The number of fused-ring (bicyclic) bond motifs is 2. The van der Waals surface area contributed by atoms with Crippen molar-refractivity contribution in [1.29, 1.82) is 0 Å². The zero-order valence-corrected chi connectivity index (χ0v) is 22.2. The molecule has 2 aromatic carbocycles. The first-order valence-electron chi connectivity index (χ1n) is 13.2. The van der Waals surface area contributed by atoms with Gasteiger partial charge in [-0.2, -0.15) is 0 Å². The quantitative estimate of drug-likeness (QED) is 0.237. The van der Waals surface area contributed by atoms with Crippen molar-refractivity contribution in [3.05, 3.63) is 93.0 Å². The number of nitrogens with zero attached hydrogens (tertiary/aromatic N) is 2. The fourth-order valence-electron chi connectivity index (χ4n) is 4.86. The summed E-state index contributed by atoms with van der Waals surface area (Å²) in [5.74, 6) is 1.28. The molecule has 7 nitrogen and oxygen atoms in total. The van der Waals surface area contributed by atoms with E-state index < -0.39 is 11.9 Å². The number of carbonyl (C=O) groups is 1. The van der Waals surface area contributed by atoms with Gasteiger partial charge >= 0.3 is 0 Å². The Balaban J connectivity index is 1.68. The van der Waals surface area contributed by atoms with Crippen molar-refractivity contribution >= 4 is 22.7 Å². The van der Waals surface area contributed by atoms with Crippen LogP contribution in [0.1, 0.15) is 72.0 Å². The maximum absolute atomic E-state index is 13.9. The van der Waals surface area contributed by atoms with Crippen LogP contribution in [0, 0.1) is 13.8 Å². The zero-order valence-electron chi connectivity index (χ0n) is 22.2. The molecule has 196 valence electrons. The summed E-state index contributed by atoms with van der Waals surface area (Å²) in [4.78, 5) is 33.8. The monoisotopic (exact) mass is 512 g/mol. The molecule has 0 saturated heterocycles. The number of pyridine rings is 1. The Morgan fingerprint density at radius 1 is 0.921 bits per heavy atom. The molecule has 0 fully saturated rings. The van der Waals surface area contributed by atoms with Gasteiger partial charge < -0.3 is 13.9 Å². The number of carbonyl (C=O) groups excluding carboxylic acids is 1. The Bertz CT molecular complexity index is 1540. The summed E-state index contributed by atoms with van der Waals surface area (Å²) >= 11 is 0. The summed E-state index contributed by atoms with van der Waals surface area (Å²) in [5, 5.41) is 0.446. The highest BCUT2D eigenvalue weighted by Gasteiger charge is 2.44. The molecule has 1 unspecified atom stereocenters. The molecule has 0 radical (unpaired) electrons. The number of anilines is 1. The third kappa shape index (κ3) is 4.64. The number of rotatable bonds is 9. The normalized spacial score (nSPS) is 14.7. The molecular formula is C31H32N2O5. The highest BCUT2D eigenvalue weighted by Crippen LogP contribution is 2.43. The van der Waals surface area contributed by atoms with E-state index in [4.69, 9.17) is 13.9 Å². The second-order valence-corrected chi connectivity index (χ2v) is 9.64. The molecule has 5 rings (SSSR count). The van der Waals surface area contributed by atoms with Crippen LogP contribution in [0.25, 0.3) is 11.0 Å². The summed E-state index contributed by atoms with van der Waals surface area (Å²) in [7, 11) is 0. The lowest BCUT2D eigenvalue weighted by atomic mass is 9.97. The molecule has 1 aliphatic rings. The number of hydrogen-bond acceptors (Lipinski definition) is 6. The minimum absolute atomic E-state index is 0.0385. The van der Waals surface area contributed by atoms with E-state index in [-0.39, 0.29) is 11.2 Å². The number of amides is 1. The fraction of sp³-hybridized carbons (Fsp3) is 0.323. The molecule has 0 aliphatic carbocycles. The van der Waals surface area contributed by atoms with Crippen molar-refractivity contribution in [3.8, 4) is 11.5 Å². The van der Waals surface area contributed by atoms with Crippen LogP contribution in [0.2, 0.25) is 0 Å². The lowest BCUT2D eigenvalue weighted by molar-refractivity contribution is 0.0970. The van der Waals surface area contributed by atoms with Crippen molar-refractivity contribution in [2.24, 2.45) is 0 Å². The second-order valence-electron chi connectivity index (χ2n) is 9.64. The summed E-state index contributed by atoms with van der Waals surface area (Å²) in [5.41, 5.74) is 3.07. The van der Waals surface area contributed by atoms with Crippen LogP contribution in [0.5, 0.6) is 11.5 Å². The predicted octanol–water partition coefficient (Wildman–Crippen LogP) is 6.52. The van der Waals surface area contributed by atoms with E-state index in [0.717, 1.165) is 30.4 Å². The first-order valence-corrected chi connectivity index (χ1v) is 13.2. The Hall–Kier alpha value is -4.13. The molecule has 38 heavy (non-hydrogen) atoms. The highest BCUT2D eigenvalue weighted by molar-refractivity contribution is 6.10. The molecule has 0 spiro atoms. The first-order chi connectivity index (χ1) is 18.4. The van der Waals surface area contributed by atoms with Gasteiger partial charge in [-0.05, 0) is 68.7 Å². The van der Waals surface area contributed by atoms with Crippen LogP contribution < -0.4 is 19.8 Å². The average molecular weight is 513 g/mol. The van der Waals surface area contributed by atoms with Crippen LogP contribution in [-0.2, 0) is 0 Å². The average Bonchev–Trinajstić information content (AvgIpc) is 3.20. The van der Waals surface area contributed by atoms with Crippen LogP contribution >= 0.6 is 0 Å². The topological polar surface area (TPSA) is 81.9 Å². The standard InChI is InChI=1S/C31H32N2O5/c1-5-7-8-15-37-24-13-11-21(17-25(24)36-6-2)28-27-29(34)22-16-19(3)9-12-23(22)38-30(27)31(35)33(28)26-14-10-20(4)18-32-26/h9-14,16-18,28H,5-8,15H2,1-4H3. The first kappa shape index (κ1) is 25.5. The van der Waals surface area contributed by atoms with E-state index in [1.165, 1.54) is 4.90 Å². The van der Waals surface area contributed by atoms with Gasteiger partial charge in [-0.15, -0.1) is 0 Å². The maximum atomic E-state index is 13.9. The van der Waals surface area contributed by atoms with Crippen molar-refractivity contribution in [2.75, 3.05) is 18.1 Å². The van der Waals surface area contributed by atoms with Gasteiger partial charge in [0, 0.05) is 6.20 Å². The Labute approximate surface area is 222 Å². The second kappa shape index (κ2) is 10.7. The van der Waals surface area contributed by atoms with Gasteiger partial charge in [-0.25, -0.2) is 4.98 Å². The molecule has 3 heterocycles. The summed E-state index contributed by atoms with van der Waals surface area (Å²) in [6.07, 6.45) is 4.85. The third-order valence-electron chi connectivity index (χ3n) is 6.76. The lowest BCUT2D eigenvalue weighted by Gasteiger charge is -2.25. The Kier molecular flexibility index (Phi) is 7.18. The molecule has 4 aromatic rings. The van der Waals surface area contributed by atoms with Crippen LogP contribution in [-0.4, -0.2) is 24.1 Å². The SMILES string of the molecule is CCCCCOc1ccc(C2c3c(oc4ccc(C)cc4c3=O)C(=O)N2c2ccc(C)cn2)cc1OCC. The van der Waals surface area contributed by atoms with Crippen LogP contribution in [0.15, 0.2) is 63.9 Å². The molecule has 1 amide bonds. The number of hydrogen-bond donors (Lipinski definition) is 0. The van der Waals surface area contributed by atoms with Crippen molar-refractivity contribution < 1.29 is 18.7 Å². The molecule has 1 atom stereocenters. The van der Waals surface area contributed by atoms with Crippen molar-refractivity contribution in [3.63, 3.8) is 0 Å². The zero-order chi connectivity index (χ0) is 26.8. The molecular weight excluding hydrogens is 480 g/mol. The van der Waals surface area contributed by atoms with Crippen molar-refractivity contribution in [2.45, 2.75) is 53.0 Å². The van der Waals surface area contributed by atoms with Gasteiger partial charge in [0.15, 0.2) is 16.9 Å². The summed E-state index contributed by atoms with van der Waals surface area (Å²) in [6.45, 7) is 8.95. The van der Waals surface area contributed by atoms with Gasteiger partial charge in [0.25, 0.3) is 5.91 Å². The van der Waals surface area contributed by atoms with Crippen molar-refractivity contribution in [1.82, 2.24) is 4.98 Å². The highest BCUT2D eigenvalue weighted by atomic mass is 16.5. The lowest BCUT2D eigenvalue weighted by Crippen LogP contribution is -2.30. The van der Waals surface area contributed by atoms with Crippen LogP contribution in [0.4, 0.5) is 5.82 Å². The van der Waals surface area contributed by atoms with E-state index in [1.807, 2.05) is 51.1 Å². The molecule has 0 N–H and O–H groups in total. The summed E-state index contributed by atoms with van der Waals surface area (Å²) < 4.78 is 18.0. The molecule has 2 aromatic heterocycles. The molecule has 1 aliphatic heterocycles. The molecule has 0 saturated carbocycles. The van der Waals surface area contributed by atoms with Gasteiger partial charge in [0.1, 0.15) is 11.4 Å². The largest absolute Gasteiger partial charge is 0.490 e. The van der Waals surface area contributed by atoms with E-state index in [2.05, 4.69) is 11.9 Å². The number of aryl methyl sites for hydroxylation is 2. The van der Waals surface area contributed by atoms with Gasteiger partial charge in [-0.1, -0.05) is 43.5 Å². The van der Waals surface area contributed by atoms with Gasteiger partial charge in [-0.3, -0.25) is 14.5 Å². The minimum Gasteiger partial charge on any atom is -0.490 e. The maximum Gasteiger partial charge on any atom is 0.296 e. The molecule has 7 heteroatoms. The van der Waals surface area contributed by atoms with Gasteiger partial charge in [0.2, 0.25) is 5.76 Å². The Morgan fingerprint density at radius 2 is 1.74 bits per heavy atom. The Morgan fingerprint density at radius 3 is 2.47 bits per heavy atom. The smallest absolute Gasteiger partial charge is 0.296 e. The molecule has 0 bridgehead atoms. The summed E-state index contributed by atoms with van der Waals surface area (Å²) in [6, 6.07) is 13.9. The van der Waals surface area contributed by atoms with E-state index in [9.17, 15) is 9.59 Å². The minimum atomic E-state index is -0.734. The predicted molar refractivity (Wildman–Crippen MR) is 147 cm³/mol. The van der Waals surface area contributed by atoms with E-state index in [1.54, 1.807) is 24.4 Å². The number of benzene rings is 2. The van der Waals surface area contributed by atoms with Gasteiger partial charge in [0.05, 0.1) is 30.2 Å². The van der Waals surface area contributed by atoms with E-state index in [0.29, 0.717) is 52.6 Å². The number of unbranched alkanes of at least 4 members (excludes halogenated alkanes) is 2. The third-order valence-corrected chi connectivity index (χ3v) is 6.76. The number of ether oxygens (including phenoxy) is 2. The van der Waals surface area contributed by atoms with E-state index >= 15 is 0 Å². The van der Waals surface area contributed by atoms with Crippen LogP contribution in [0.3, 0.4) is 0 Å². The fourth-order valence-corrected chi connectivity index (χ4v) is 4.86.